The fraction of sp³-hybridized carbons (Fsp3) is 0.515. The summed E-state index contributed by atoms with van der Waals surface area (Å²) in [5.41, 5.74) is 1.52. The standard InChI is InChI=1S/C33H39F4N3O4S/c1-43-23-2-3-29-25(16-23)31(22(20-38-29)21-40-10-13-44-14-11-40)26(34)4-5-33(19-30(41)42)6-8-39(9-7-33)12-15-45-24-17-27(35)32(37)28(36)18-24/h2-3,16-18,20,26H,4-15,19,21H2,1H3,(H,41,42)/t26-/m0/s1. The molecule has 1 atom stereocenters. The molecule has 3 aromatic rings. The summed E-state index contributed by atoms with van der Waals surface area (Å²) >= 11 is 1.23. The Morgan fingerprint density at radius 1 is 1.09 bits per heavy atom. The molecule has 2 aromatic carbocycles. The minimum Gasteiger partial charge on any atom is -0.497 e. The Kier molecular flexibility index (Phi) is 11.2. The second-order valence-electron chi connectivity index (χ2n) is 11.9. The van der Waals surface area contributed by atoms with Crippen LogP contribution >= 0.6 is 11.8 Å². The quantitative estimate of drug-likeness (QED) is 0.126. The van der Waals surface area contributed by atoms with Crippen LogP contribution in [-0.2, 0) is 16.1 Å². The molecule has 45 heavy (non-hydrogen) atoms. The fourth-order valence-electron chi connectivity index (χ4n) is 6.43. The monoisotopic (exact) mass is 649 g/mol. The summed E-state index contributed by atoms with van der Waals surface area (Å²) in [4.78, 5) is 21.3. The third-order valence-electron chi connectivity index (χ3n) is 9.01. The van der Waals surface area contributed by atoms with E-state index < -0.39 is 35.0 Å². The maximum absolute atomic E-state index is 16.5. The van der Waals surface area contributed by atoms with Gasteiger partial charge in [-0.05, 0) is 80.1 Å². The highest BCUT2D eigenvalue weighted by molar-refractivity contribution is 7.99. The zero-order valence-electron chi connectivity index (χ0n) is 25.4. The largest absolute Gasteiger partial charge is 0.497 e. The second-order valence-corrected chi connectivity index (χ2v) is 13.1. The molecule has 0 radical (unpaired) electrons. The van der Waals surface area contributed by atoms with Crippen molar-refractivity contribution in [3.63, 3.8) is 0 Å². The lowest BCUT2D eigenvalue weighted by Gasteiger charge is -2.41. The average molecular weight is 650 g/mol. The molecular formula is C33H39F4N3O4S. The first-order chi connectivity index (χ1) is 21.7. The molecule has 12 heteroatoms. The van der Waals surface area contributed by atoms with Crippen molar-refractivity contribution in [1.82, 2.24) is 14.8 Å². The van der Waals surface area contributed by atoms with E-state index in [4.69, 9.17) is 9.47 Å². The zero-order valence-corrected chi connectivity index (χ0v) is 26.2. The minimum absolute atomic E-state index is 0.0397. The van der Waals surface area contributed by atoms with Gasteiger partial charge in [0.25, 0.3) is 0 Å². The summed E-state index contributed by atoms with van der Waals surface area (Å²) < 4.78 is 67.8. The fourth-order valence-corrected chi connectivity index (χ4v) is 7.39. The van der Waals surface area contributed by atoms with Crippen LogP contribution in [0.15, 0.2) is 41.4 Å². The van der Waals surface area contributed by atoms with Crippen LogP contribution in [0.3, 0.4) is 0 Å². The summed E-state index contributed by atoms with van der Waals surface area (Å²) in [6, 6.07) is 7.42. The van der Waals surface area contributed by atoms with Crippen LogP contribution < -0.4 is 4.74 Å². The van der Waals surface area contributed by atoms with Crippen molar-refractivity contribution in [3.05, 3.63) is 65.1 Å². The third kappa shape index (κ3) is 8.46. The van der Waals surface area contributed by atoms with Gasteiger partial charge in [-0.15, -0.1) is 11.8 Å². The number of hydrogen-bond donors (Lipinski definition) is 1. The zero-order chi connectivity index (χ0) is 32.0. The predicted molar refractivity (Wildman–Crippen MR) is 165 cm³/mol. The maximum Gasteiger partial charge on any atom is 0.303 e. The number of methoxy groups -OCH3 is 1. The Hall–Kier alpha value is -2.93. The number of likely N-dealkylation sites (tertiary alicyclic amines) is 1. The molecule has 0 spiro atoms. The number of carboxylic acid groups (broad SMARTS) is 1. The average Bonchev–Trinajstić information content (AvgIpc) is 3.03. The number of benzene rings is 2. The van der Waals surface area contributed by atoms with E-state index >= 15 is 4.39 Å². The van der Waals surface area contributed by atoms with Crippen molar-refractivity contribution in [2.75, 3.05) is 58.8 Å². The number of thioether (sulfide) groups is 1. The molecule has 2 aliphatic heterocycles. The highest BCUT2D eigenvalue weighted by Gasteiger charge is 2.37. The highest BCUT2D eigenvalue weighted by Crippen LogP contribution is 2.43. The van der Waals surface area contributed by atoms with Crippen LogP contribution in [-0.4, -0.2) is 84.7 Å². The lowest BCUT2D eigenvalue weighted by Crippen LogP contribution is -2.42. The molecule has 3 heterocycles. The number of ether oxygens (including phenoxy) is 2. The summed E-state index contributed by atoms with van der Waals surface area (Å²) in [6.45, 7) is 5.19. The van der Waals surface area contributed by atoms with Crippen molar-refractivity contribution in [1.29, 1.82) is 0 Å². The van der Waals surface area contributed by atoms with Gasteiger partial charge in [-0.3, -0.25) is 14.7 Å². The number of carbonyl (C=O) groups is 1. The molecule has 7 nitrogen and oxygen atoms in total. The van der Waals surface area contributed by atoms with Gasteiger partial charge in [-0.25, -0.2) is 17.6 Å². The van der Waals surface area contributed by atoms with E-state index in [-0.39, 0.29) is 12.8 Å². The Labute approximate surface area is 264 Å². The molecule has 0 aliphatic carbocycles. The first-order valence-electron chi connectivity index (χ1n) is 15.3. The molecule has 2 saturated heterocycles. The molecule has 1 N–H and O–H groups in total. The highest BCUT2D eigenvalue weighted by atomic mass is 32.2. The third-order valence-corrected chi connectivity index (χ3v) is 9.97. The second kappa shape index (κ2) is 15.1. The lowest BCUT2D eigenvalue weighted by molar-refractivity contribution is -0.141. The number of fused-ring (bicyclic) bond motifs is 1. The van der Waals surface area contributed by atoms with Gasteiger partial charge in [-0.2, -0.15) is 0 Å². The lowest BCUT2D eigenvalue weighted by atomic mass is 9.71. The SMILES string of the molecule is COc1ccc2ncc(CN3CCOCC3)c([C@@H](F)CCC3(CC(=O)O)CCN(CCSc4cc(F)c(F)c(F)c4)CC3)c2c1. The van der Waals surface area contributed by atoms with Crippen LogP contribution in [0.1, 0.15) is 49.4 Å². The Bertz CT molecular complexity index is 1460. The van der Waals surface area contributed by atoms with Crippen molar-refractivity contribution in [3.8, 4) is 5.75 Å². The first kappa shape index (κ1) is 33.4. The molecule has 244 valence electrons. The minimum atomic E-state index is -1.48. The number of hydrogen-bond acceptors (Lipinski definition) is 7. The number of carboxylic acids is 1. The molecule has 0 unspecified atom stereocenters. The summed E-state index contributed by atoms with van der Waals surface area (Å²) in [5, 5.41) is 10.5. The summed E-state index contributed by atoms with van der Waals surface area (Å²) in [6.07, 6.45) is 2.19. The Morgan fingerprint density at radius 3 is 2.47 bits per heavy atom. The molecule has 1 aromatic heterocycles. The first-order valence-corrected chi connectivity index (χ1v) is 16.3. The number of aliphatic carboxylic acids is 1. The molecule has 0 saturated carbocycles. The number of nitrogens with zero attached hydrogens (tertiary/aromatic N) is 3. The smallest absolute Gasteiger partial charge is 0.303 e. The van der Waals surface area contributed by atoms with E-state index in [1.54, 1.807) is 19.4 Å². The van der Waals surface area contributed by atoms with Crippen LogP contribution in [0, 0.1) is 22.9 Å². The van der Waals surface area contributed by atoms with E-state index in [9.17, 15) is 23.1 Å². The van der Waals surface area contributed by atoms with Crippen LogP contribution in [0.5, 0.6) is 5.75 Å². The van der Waals surface area contributed by atoms with Crippen molar-refractivity contribution in [2.45, 2.75) is 49.7 Å². The maximum atomic E-state index is 16.5. The molecule has 2 aliphatic rings. The van der Waals surface area contributed by atoms with Gasteiger partial charge in [0.2, 0.25) is 0 Å². The molecule has 0 amide bonds. The number of alkyl halides is 1. The molecule has 0 bridgehead atoms. The van der Waals surface area contributed by atoms with E-state index in [2.05, 4.69) is 14.8 Å². The Morgan fingerprint density at radius 2 is 1.80 bits per heavy atom. The molecular weight excluding hydrogens is 610 g/mol. The number of piperidine rings is 1. The topological polar surface area (TPSA) is 75.1 Å². The normalized spacial score (nSPS) is 18.2. The van der Waals surface area contributed by atoms with E-state index in [0.717, 1.165) is 30.8 Å². The molecule has 2 fully saturated rings. The van der Waals surface area contributed by atoms with Crippen molar-refractivity contribution < 1.29 is 36.9 Å². The van der Waals surface area contributed by atoms with Gasteiger partial charge >= 0.3 is 5.97 Å². The number of pyridine rings is 1. The van der Waals surface area contributed by atoms with Crippen LogP contribution in [0.2, 0.25) is 0 Å². The van der Waals surface area contributed by atoms with E-state index in [0.29, 0.717) is 91.5 Å². The van der Waals surface area contributed by atoms with Crippen LogP contribution in [0.4, 0.5) is 17.6 Å². The van der Waals surface area contributed by atoms with Gasteiger partial charge in [0.05, 0.1) is 32.3 Å². The van der Waals surface area contributed by atoms with Gasteiger partial charge in [-0.1, -0.05) is 0 Å². The van der Waals surface area contributed by atoms with Gasteiger partial charge in [0.15, 0.2) is 17.5 Å². The van der Waals surface area contributed by atoms with Crippen molar-refractivity contribution in [2.24, 2.45) is 5.41 Å². The number of rotatable bonds is 13. The Balaban J connectivity index is 1.26. The number of aromatic nitrogens is 1. The molecule has 5 rings (SSSR count). The predicted octanol–water partition coefficient (Wildman–Crippen LogP) is 6.63. The van der Waals surface area contributed by atoms with Gasteiger partial charge in [0, 0.05) is 54.0 Å². The van der Waals surface area contributed by atoms with E-state index in [1.807, 2.05) is 12.1 Å². The summed E-state index contributed by atoms with van der Waals surface area (Å²) in [7, 11) is 1.57. The number of morpholine rings is 1. The number of halogens is 4. The van der Waals surface area contributed by atoms with Gasteiger partial charge < -0.3 is 19.5 Å². The van der Waals surface area contributed by atoms with Gasteiger partial charge in [0.1, 0.15) is 11.9 Å². The van der Waals surface area contributed by atoms with E-state index in [1.165, 1.54) is 11.8 Å². The summed E-state index contributed by atoms with van der Waals surface area (Å²) in [5.74, 6) is -3.66. The van der Waals surface area contributed by atoms with Crippen LogP contribution in [0.25, 0.3) is 10.9 Å². The van der Waals surface area contributed by atoms with Crippen molar-refractivity contribution >= 4 is 28.6 Å².